The van der Waals surface area contributed by atoms with E-state index in [0.29, 0.717) is 11.3 Å². The third kappa shape index (κ3) is 3.88. The number of ether oxygens (including phenoxy) is 2. The lowest BCUT2D eigenvalue weighted by atomic mass is 10.0. The normalized spacial score (nSPS) is 12.1. The van der Waals surface area contributed by atoms with E-state index in [0.717, 1.165) is 0 Å². The molecule has 114 valence electrons. The molecule has 0 aliphatic heterocycles. The highest BCUT2D eigenvalue weighted by atomic mass is 16.7. The molecule has 4 heteroatoms. The van der Waals surface area contributed by atoms with Gasteiger partial charge in [-0.3, -0.25) is 4.79 Å². The second-order valence-corrected chi connectivity index (χ2v) is 4.67. The average Bonchev–Trinajstić information content (AvgIpc) is 2.53. The molecule has 0 aromatic heterocycles. The topological polar surface area (TPSA) is 55.8 Å². The summed E-state index contributed by atoms with van der Waals surface area (Å²) < 4.78 is 10.7. The Morgan fingerprint density at radius 2 is 1.91 bits per heavy atom. The molecule has 0 saturated heterocycles. The van der Waals surface area contributed by atoms with Gasteiger partial charge in [-0.2, -0.15) is 0 Å². The van der Waals surface area contributed by atoms with Crippen molar-refractivity contribution in [2.75, 3.05) is 0 Å². The smallest absolute Gasteiger partial charge is 0.237 e. The van der Waals surface area contributed by atoms with Crippen LogP contribution in [0, 0.1) is 0 Å². The van der Waals surface area contributed by atoms with Gasteiger partial charge in [0.1, 0.15) is 11.5 Å². The van der Waals surface area contributed by atoms with E-state index in [1.54, 1.807) is 49.4 Å². The summed E-state index contributed by atoms with van der Waals surface area (Å²) in [4.78, 5) is 12.3. The molecule has 0 spiro atoms. The zero-order valence-electron chi connectivity index (χ0n) is 12.5. The lowest BCUT2D eigenvalue weighted by Gasteiger charge is -2.14. The van der Waals surface area contributed by atoms with Crippen molar-refractivity contribution in [3.8, 4) is 11.5 Å². The highest BCUT2D eigenvalue weighted by molar-refractivity contribution is 6.10. The summed E-state index contributed by atoms with van der Waals surface area (Å²) in [5, 5.41) is 10.1. The van der Waals surface area contributed by atoms with Gasteiger partial charge in [0.15, 0.2) is 5.78 Å². The molecule has 4 nitrogen and oxygen atoms in total. The number of hydrogen-bond donors (Lipinski definition) is 1. The summed E-state index contributed by atoms with van der Waals surface area (Å²) in [6.45, 7) is 3.57. The average molecular weight is 298 g/mol. The number of carbonyl (C=O) groups is 1. The minimum Gasteiger partial charge on any atom is -0.507 e. The van der Waals surface area contributed by atoms with Crippen LogP contribution in [-0.4, -0.2) is 17.2 Å². The Labute approximate surface area is 129 Å². The van der Waals surface area contributed by atoms with Gasteiger partial charge in [0.2, 0.25) is 6.29 Å². The summed E-state index contributed by atoms with van der Waals surface area (Å²) in [7, 11) is 0. The van der Waals surface area contributed by atoms with Crippen LogP contribution in [0.1, 0.15) is 29.8 Å². The second kappa shape index (κ2) is 7.31. The standard InChI is InChI=1S/C18H18O4/c1-3-11-21-13(2)22-15-9-10-16(17(19)12-15)18(20)14-7-5-4-6-8-14/h3-13,19H,1-2H3. The van der Waals surface area contributed by atoms with Gasteiger partial charge in [0, 0.05) is 18.6 Å². The molecule has 0 aliphatic carbocycles. The molecule has 0 aliphatic rings. The number of rotatable bonds is 6. The number of benzene rings is 2. The number of allylic oxidation sites excluding steroid dienone is 1. The molecular formula is C18H18O4. The third-order valence-electron chi connectivity index (χ3n) is 2.96. The summed E-state index contributed by atoms with van der Waals surface area (Å²) in [5.74, 6) is 0.0755. The van der Waals surface area contributed by atoms with E-state index < -0.39 is 6.29 Å². The third-order valence-corrected chi connectivity index (χ3v) is 2.96. The number of aromatic hydroxyl groups is 1. The molecule has 2 aromatic carbocycles. The predicted octanol–water partition coefficient (Wildman–Crippen LogP) is 3.90. The van der Waals surface area contributed by atoms with Gasteiger partial charge in [-0.05, 0) is 19.1 Å². The fourth-order valence-corrected chi connectivity index (χ4v) is 1.93. The first-order chi connectivity index (χ1) is 10.6. The SMILES string of the molecule is CC=COC(C)Oc1ccc(C(=O)c2ccccc2)c(O)c1. The minimum atomic E-state index is -0.494. The number of phenols is 1. The van der Waals surface area contributed by atoms with E-state index >= 15 is 0 Å². The molecule has 0 amide bonds. The van der Waals surface area contributed by atoms with E-state index in [9.17, 15) is 9.90 Å². The minimum absolute atomic E-state index is 0.121. The van der Waals surface area contributed by atoms with Crippen LogP contribution in [0.2, 0.25) is 0 Å². The van der Waals surface area contributed by atoms with Crippen LogP contribution >= 0.6 is 0 Å². The molecule has 1 atom stereocenters. The highest BCUT2D eigenvalue weighted by Crippen LogP contribution is 2.26. The van der Waals surface area contributed by atoms with E-state index in [2.05, 4.69) is 0 Å². The lowest BCUT2D eigenvalue weighted by Crippen LogP contribution is -2.13. The first kappa shape index (κ1) is 15.6. The van der Waals surface area contributed by atoms with Crippen molar-refractivity contribution >= 4 is 5.78 Å². The maximum atomic E-state index is 12.3. The Bertz CT molecular complexity index is 662. The van der Waals surface area contributed by atoms with Crippen molar-refractivity contribution in [2.24, 2.45) is 0 Å². The molecule has 0 fully saturated rings. The van der Waals surface area contributed by atoms with Crippen LogP contribution in [0.25, 0.3) is 0 Å². The lowest BCUT2D eigenvalue weighted by molar-refractivity contribution is -0.0138. The zero-order valence-corrected chi connectivity index (χ0v) is 12.5. The fraction of sp³-hybridized carbons (Fsp3) is 0.167. The molecule has 1 N–H and O–H groups in total. The van der Waals surface area contributed by atoms with Gasteiger partial charge < -0.3 is 14.6 Å². The van der Waals surface area contributed by atoms with Gasteiger partial charge in [-0.1, -0.05) is 36.4 Å². The van der Waals surface area contributed by atoms with Crippen molar-refractivity contribution < 1.29 is 19.4 Å². The highest BCUT2D eigenvalue weighted by Gasteiger charge is 2.14. The Morgan fingerprint density at radius 3 is 2.55 bits per heavy atom. The predicted molar refractivity (Wildman–Crippen MR) is 84.0 cm³/mol. The van der Waals surface area contributed by atoms with Crippen molar-refractivity contribution in [3.05, 3.63) is 72.0 Å². The van der Waals surface area contributed by atoms with Crippen LogP contribution in [0.3, 0.4) is 0 Å². The van der Waals surface area contributed by atoms with Gasteiger partial charge in [0.05, 0.1) is 11.8 Å². The Balaban J connectivity index is 2.14. The zero-order chi connectivity index (χ0) is 15.9. The van der Waals surface area contributed by atoms with Crippen molar-refractivity contribution in [1.82, 2.24) is 0 Å². The number of hydrogen-bond acceptors (Lipinski definition) is 4. The summed E-state index contributed by atoms with van der Waals surface area (Å²) in [6, 6.07) is 13.4. The van der Waals surface area contributed by atoms with Gasteiger partial charge in [-0.15, -0.1) is 0 Å². The molecule has 2 rings (SSSR count). The van der Waals surface area contributed by atoms with E-state index in [1.807, 2.05) is 13.0 Å². The molecule has 22 heavy (non-hydrogen) atoms. The van der Waals surface area contributed by atoms with E-state index in [4.69, 9.17) is 9.47 Å². The van der Waals surface area contributed by atoms with Gasteiger partial charge >= 0.3 is 0 Å². The van der Waals surface area contributed by atoms with Crippen LogP contribution in [0.5, 0.6) is 11.5 Å². The van der Waals surface area contributed by atoms with E-state index in [1.165, 1.54) is 12.3 Å². The number of ketones is 1. The molecular weight excluding hydrogens is 280 g/mol. The molecule has 0 saturated carbocycles. The number of phenolic OH excluding ortho intramolecular Hbond substituents is 1. The van der Waals surface area contributed by atoms with Crippen LogP contribution in [0.4, 0.5) is 0 Å². The van der Waals surface area contributed by atoms with Crippen molar-refractivity contribution in [1.29, 1.82) is 0 Å². The summed E-state index contributed by atoms with van der Waals surface area (Å²) in [5.41, 5.74) is 0.761. The molecule has 0 heterocycles. The molecule has 0 bridgehead atoms. The van der Waals surface area contributed by atoms with Crippen molar-refractivity contribution in [2.45, 2.75) is 20.1 Å². The summed E-state index contributed by atoms with van der Waals surface area (Å²) in [6.07, 6.45) is 2.78. The largest absolute Gasteiger partial charge is 0.507 e. The quantitative estimate of drug-likeness (QED) is 0.499. The first-order valence-electron chi connectivity index (χ1n) is 6.98. The Kier molecular flexibility index (Phi) is 5.20. The molecule has 0 radical (unpaired) electrons. The monoisotopic (exact) mass is 298 g/mol. The second-order valence-electron chi connectivity index (χ2n) is 4.67. The van der Waals surface area contributed by atoms with Gasteiger partial charge in [0.25, 0.3) is 0 Å². The Hall–Kier alpha value is -2.75. The van der Waals surface area contributed by atoms with Gasteiger partial charge in [-0.25, -0.2) is 0 Å². The fourth-order valence-electron chi connectivity index (χ4n) is 1.93. The van der Waals surface area contributed by atoms with Crippen LogP contribution in [-0.2, 0) is 4.74 Å². The first-order valence-corrected chi connectivity index (χ1v) is 6.98. The van der Waals surface area contributed by atoms with Crippen LogP contribution in [0.15, 0.2) is 60.9 Å². The maximum Gasteiger partial charge on any atom is 0.237 e. The summed E-state index contributed by atoms with van der Waals surface area (Å²) >= 11 is 0. The molecule has 1 unspecified atom stereocenters. The van der Waals surface area contributed by atoms with Crippen LogP contribution < -0.4 is 4.74 Å². The van der Waals surface area contributed by atoms with Crippen molar-refractivity contribution in [3.63, 3.8) is 0 Å². The van der Waals surface area contributed by atoms with E-state index in [-0.39, 0.29) is 17.1 Å². The number of carbonyl (C=O) groups excluding carboxylic acids is 1. The molecule has 2 aromatic rings. The maximum absolute atomic E-state index is 12.3. The Morgan fingerprint density at radius 1 is 1.18 bits per heavy atom.